The minimum absolute atomic E-state index is 0.249. The van der Waals surface area contributed by atoms with Gasteiger partial charge in [0.15, 0.2) is 0 Å². The van der Waals surface area contributed by atoms with Gasteiger partial charge >= 0.3 is 0 Å². The number of rotatable bonds is 9. The van der Waals surface area contributed by atoms with Crippen molar-refractivity contribution < 1.29 is 9.53 Å². The van der Waals surface area contributed by atoms with Crippen LogP contribution in [-0.2, 0) is 9.53 Å². The van der Waals surface area contributed by atoms with Gasteiger partial charge in [-0.05, 0) is 69.4 Å². The van der Waals surface area contributed by atoms with Crippen LogP contribution in [0.1, 0.15) is 65.2 Å². The van der Waals surface area contributed by atoms with Crippen molar-refractivity contribution in [2.45, 2.75) is 65.2 Å². The Morgan fingerprint density at radius 1 is 1.30 bits per heavy atom. The second-order valence-corrected chi connectivity index (χ2v) is 7.70. The second kappa shape index (κ2) is 9.63. The highest BCUT2D eigenvalue weighted by Gasteiger charge is 2.34. The average molecular weight is 325 g/mol. The minimum atomic E-state index is 0.249. The van der Waals surface area contributed by atoms with Gasteiger partial charge in [-0.15, -0.1) is 0 Å². The summed E-state index contributed by atoms with van der Waals surface area (Å²) < 4.78 is 5.55. The summed E-state index contributed by atoms with van der Waals surface area (Å²) in [7, 11) is 0. The summed E-state index contributed by atoms with van der Waals surface area (Å²) >= 11 is 0. The third kappa shape index (κ3) is 6.07. The monoisotopic (exact) mass is 324 g/mol. The number of piperidine rings is 1. The second-order valence-electron chi connectivity index (χ2n) is 7.70. The van der Waals surface area contributed by atoms with Crippen LogP contribution in [0.15, 0.2) is 0 Å². The van der Waals surface area contributed by atoms with Gasteiger partial charge in [0.2, 0.25) is 5.91 Å². The first-order valence-corrected chi connectivity index (χ1v) is 9.70. The topological polar surface area (TPSA) is 50.4 Å². The molecule has 1 saturated heterocycles. The van der Waals surface area contributed by atoms with E-state index in [1.165, 1.54) is 38.5 Å². The molecule has 0 aromatic heterocycles. The largest absolute Gasteiger partial charge is 0.382 e. The molecule has 1 unspecified atom stereocenters. The molecule has 2 N–H and O–H groups in total. The summed E-state index contributed by atoms with van der Waals surface area (Å²) in [5, 5.41) is 6.65. The average Bonchev–Trinajstić information content (AvgIpc) is 3.03. The van der Waals surface area contributed by atoms with Crippen LogP contribution in [0.3, 0.4) is 0 Å². The van der Waals surface area contributed by atoms with Gasteiger partial charge in [0.25, 0.3) is 0 Å². The van der Waals surface area contributed by atoms with Crippen molar-refractivity contribution in [3.05, 3.63) is 0 Å². The Labute approximate surface area is 142 Å². The summed E-state index contributed by atoms with van der Waals surface area (Å²) in [6.07, 6.45) is 9.28. The van der Waals surface area contributed by atoms with Crippen molar-refractivity contribution in [2.75, 3.05) is 32.8 Å². The highest BCUT2D eigenvalue weighted by atomic mass is 16.5. The minimum Gasteiger partial charge on any atom is -0.382 e. The highest BCUT2D eigenvalue weighted by Crippen LogP contribution is 2.40. The van der Waals surface area contributed by atoms with Gasteiger partial charge in [0, 0.05) is 26.2 Å². The molecule has 0 bridgehead atoms. The van der Waals surface area contributed by atoms with Gasteiger partial charge in [0.1, 0.15) is 0 Å². The molecule has 2 aliphatic rings. The molecule has 4 heteroatoms. The molecule has 2 fully saturated rings. The molecular weight excluding hydrogens is 288 g/mol. The van der Waals surface area contributed by atoms with Crippen LogP contribution in [0.5, 0.6) is 0 Å². The molecule has 1 saturated carbocycles. The fourth-order valence-electron chi connectivity index (χ4n) is 4.30. The van der Waals surface area contributed by atoms with E-state index in [9.17, 15) is 4.79 Å². The third-order valence-electron chi connectivity index (χ3n) is 6.00. The van der Waals surface area contributed by atoms with Gasteiger partial charge in [-0.3, -0.25) is 4.79 Å². The fraction of sp³-hybridized carbons (Fsp3) is 0.947. The van der Waals surface area contributed by atoms with Crippen LogP contribution in [0, 0.1) is 17.3 Å². The fourth-order valence-corrected chi connectivity index (χ4v) is 4.30. The van der Waals surface area contributed by atoms with E-state index in [0.717, 1.165) is 39.3 Å². The molecule has 4 nitrogen and oxygen atoms in total. The van der Waals surface area contributed by atoms with Crippen LogP contribution in [0.25, 0.3) is 0 Å². The van der Waals surface area contributed by atoms with Crippen molar-refractivity contribution in [1.82, 2.24) is 10.6 Å². The number of ether oxygens (including phenoxy) is 1. The smallest absolute Gasteiger partial charge is 0.220 e. The van der Waals surface area contributed by atoms with Crippen molar-refractivity contribution in [3.63, 3.8) is 0 Å². The lowest BCUT2D eigenvalue weighted by molar-refractivity contribution is -0.123. The molecule has 0 radical (unpaired) electrons. The van der Waals surface area contributed by atoms with Crippen LogP contribution in [0.2, 0.25) is 0 Å². The Kier molecular flexibility index (Phi) is 7.84. The number of amides is 1. The summed E-state index contributed by atoms with van der Waals surface area (Å²) in [6.45, 7) is 8.97. The molecule has 0 spiro atoms. The first-order valence-electron chi connectivity index (χ1n) is 9.70. The number of carbonyl (C=O) groups excluding carboxylic acids is 1. The number of hydrogen-bond acceptors (Lipinski definition) is 3. The molecule has 0 aromatic carbocycles. The lowest BCUT2D eigenvalue weighted by Crippen LogP contribution is -2.38. The molecular formula is C19H36N2O2. The van der Waals surface area contributed by atoms with Crippen LogP contribution in [-0.4, -0.2) is 38.8 Å². The van der Waals surface area contributed by atoms with Crippen molar-refractivity contribution in [3.8, 4) is 0 Å². The molecule has 0 aromatic rings. The van der Waals surface area contributed by atoms with Gasteiger partial charge in [-0.2, -0.15) is 0 Å². The van der Waals surface area contributed by atoms with E-state index in [0.29, 0.717) is 23.7 Å². The maximum atomic E-state index is 12.4. The zero-order valence-corrected chi connectivity index (χ0v) is 15.2. The lowest BCUT2D eigenvalue weighted by atomic mass is 9.82. The zero-order valence-electron chi connectivity index (χ0n) is 15.2. The van der Waals surface area contributed by atoms with E-state index in [1.807, 2.05) is 6.92 Å². The summed E-state index contributed by atoms with van der Waals surface area (Å²) in [5.74, 6) is 1.46. The number of hydrogen-bond donors (Lipinski definition) is 2. The Hall–Kier alpha value is -0.610. The first-order chi connectivity index (χ1) is 11.2. The van der Waals surface area contributed by atoms with Crippen LogP contribution < -0.4 is 10.6 Å². The maximum Gasteiger partial charge on any atom is 0.220 e. The molecule has 2 rings (SSSR count). The molecule has 1 aliphatic heterocycles. The predicted octanol–water partition coefficient (Wildman–Crippen LogP) is 3.12. The zero-order chi connectivity index (χ0) is 16.5. The van der Waals surface area contributed by atoms with Gasteiger partial charge in [0.05, 0.1) is 0 Å². The Morgan fingerprint density at radius 2 is 2.00 bits per heavy atom. The van der Waals surface area contributed by atoms with E-state index in [1.54, 1.807) is 0 Å². The molecule has 1 amide bonds. The van der Waals surface area contributed by atoms with Gasteiger partial charge < -0.3 is 15.4 Å². The molecule has 1 heterocycles. The molecule has 1 atom stereocenters. The first kappa shape index (κ1) is 18.7. The Balaban J connectivity index is 1.72. The van der Waals surface area contributed by atoms with E-state index in [2.05, 4.69) is 17.6 Å². The Morgan fingerprint density at radius 3 is 2.65 bits per heavy atom. The van der Waals surface area contributed by atoms with Crippen LogP contribution >= 0.6 is 0 Å². The van der Waals surface area contributed by atoms with Crippen molar-refractivity contribution in [1.29, 1.82) is 0 Å². The standard InChI is InChI=1S/C19H36N2O2/c1-3-23-13-10-19(8-4-5-9-19)15-21-18(22)14-16(2)17-6-11-20-12-7-17/h16-17,20H,3-15H2,1-2H3,(H,21,22). The number of nitrogens with one attached hydrogen (secondary N) is 2. The van der Waals surface area contributed by atoms with Crippen LogP contribution in [0.4, 0.5) is 0 Å². The van der Waals surface area contributed by atoms with E-state index >= 15 is 0 Å². The molecule has 23 heavy (non-hydrogen) atoms. The van der Waals surface area contributed by atoms with Crippen molar-refractivity contribution >= 4 is 5.91 Å². The van der Waals surface area contributed by atoms with Gasteiger partial charge in [-0.1, -0.05) is 19.8 Å². The van der Waals surface area contributed by atoms with E-state index in [4.69, 9.17) is 4.74 Å². The predicted molar refractivity (Wildman–Crippen MR) is 94.4 cm³/mol. The highest BCUT2D eigenvalue weighted by molar-refractivity contribution is 5.76. The maximum absolute atomic E-state index is 12.4. The number of carbonyl (C=O) groups is 1. The third-order valence-corrected chi connectivity index (χ3v) is 6.00. The van der Waals surface area contributed by atoms with E-state index in [-0.39, 0.29) is 5.91 Å². The summed E-state index contributed by atoms with van der Waals surface area (Å²) in [5.41, 5.74) is 0.294. The SMILES string of the molecule is CCOCCC1(CNC(=O)CC(C)C2CCNCC2)CCCC1. The van der Waals surface area contributed by atoms with Gasteiger partial charge in [-0.25, -0.2) is 0 Å². The van der Waals surface area contributed by atoms with E-state index < -0.39 is 0 Å². The Bertz CT molecular complexity index is 347. The normalized spacial score (nSPS) is 22.9. The lowest BCUT2D eigenvalue weighted by Gasteiger charge is -2.31. The summed E-state index contributed by atoms with van der Waals surface area (Å²) in [4.78, 5) is 12.4. The summed E-state index contributed by atoms with van der Waals surface area (Å²) in [6, 6.07) is 0. The van der Waals surface area contributed by atoms with Crippen molar-refractivity contribution in [2.24, 2.45) is 17.3 Å². The quantitative estimate of drug-likeness (QED) is 0.641. The molecule has 1 aliphatic carbocycles. The molecule has 134 valence electrons.